The van der Waals surface area contributed by atoms with Crippen LogP contribution < -0.4 is 9.64 Å². The van der Waals surface area contributed by atoms with Gasteiger partial charge in [-0.15, -0.1) is 11.8 Å². The summed E-state index contributed by atoms with van der Waals surface area (Å²) in [5, 5.41) is 0.699. The smallest absolute Gasteiger partial charge is 0.266 e. The molecular formula is C21H22N2O3S2. The minimum Gasteiger partial charge on any atom is -0.484 e. The average molecular weight is 415 g/mol. The summed E-state index contributed by atoms with van der Waals surface area (Å²) in [4.78, 5) is 20.6. The van der Waals surface area contributed by atoms with E-state index in [1.165, 1.54) is 16.2 Å². The number of fused-ring (bicyclic) bond motifs is 1. The third-order valence-corrected chi connectivity index (χ3v) is 6.40. The number of hydrogen-bond acceptors (Lipinski definition) is 6. The van der Waals surface area contributed by atoms with Gasteiger partial charge in [-0.1, -0.05) is 29.5 Å². The van der Waals surface area contributed by atoms with Crippen molar-refractivity contribution in [2.45, 2.75) is 23.8 Å². The molecule has 7 heteroatoms. The molecule has 0 aliphatic carbocycles. The molecule has 2 aromatic carbocycles. The summed E-state index contributed by atoms with van der Waals surface area (Å²) in [6.45, 7) is 1.24. The molecule has 0 spiro atoms. The van der Waals surface area contributed by atoms with Crippen LogP contribution in [-0.2, 0) is 9.53 Å². The van der Waals surface area contributed by atoms with E-state index in [9.17, 15) is 4.79 Å². The molecule has 0 N–H and O–H groups in total. The van der Waals surface area contributed by atoms with Gasteiger partial charge in [0.1, 0.15) is 5.75 Å². The van der Waals surface area contributed by atoms with Gasteiger partial charge in [-0.05, 0) is 49.4 Å². The van der Waals surface area contributed by atoms with Crippen molar-refractivity contribution in [1.29, 1.82) is 0 Å². The number of thioether (sulfide) groups is 1. The Hall–Kier alpha value is -2.09. The molecule has 1 aromatic heterocycles. The number of rotatable bonds is 7. The van der Waals surface area contributed by atoms with Crippen LogP contribution in [0.2, 0.25) is 0 Å². The van der Waals surface area contributed by atoms with Gasteiger partial charge in [0.15, 0.2) is 11.7 Å². The van der Waals surface area contributed by atoms with Gasteiger partial charge in [0.2, 0.25) is 0 Å². The van der Waals surface area contributed by atoms with E-state index in [-0.39, 0.29) is 18.6 Å². The predicted octanol–water partition coefficient (Wildman–Crippen LogP) is 4.61. The quantitative estimate of drug-likeness (QED) is 0.529. The topological polar surface area (TPSA) is 51.7 Å². The van der Waals surface area contributed by atoms with Crippen LogP contribution in [0.3, 0.4) is 0 Å². The lowest BCUT2D eigenvalue weighted by Crippen LogP contribution is -2.40. The van der Waals surface area contributed by atoms with Crippen LogP contribution in [-0.4, -0.2) is 43.0 Å². The number of amides is 1. The van der Waals surface area contributed by atoms with Gasteiger partial charge in [-0.25, -0.2) is 4.98 Å². The van der Waals surface area contributed by atoms with Crippen molar-refractivity contribution >= 4 is 44.4 Å². The lowest BCUT2D eigenvalue weighted by molar-refractivity contribution is -0.120. The number of anilines is 1. The van der Waals surface area contributed by atoms with Crippen molar-refractivity contribution < 1.29 is 14.3 Å². The summed E-state index contributed by atoms with van der Waals surface area (Å²) in [6, 6.07) is 15.6. The Bertz CT molecular complexity index is 939. The Morgan fingerprint density at radius 2 is 2.18 bits per heavy atom. The first kappa shape index (κ1) is 19.2. The fraction of sp³-hybridized carbons (Fsp3) is 0.333. The highest BCUT2D eigenvalue weighted by Gasteiger charge is 2.26. The molecule has 1 saturated heterocycles. The van der Waals surface area contributed by atoms with Crippen molar-refractivity contribution in [2.75, 3.05) is 30.9 Å². The zero-order valence-electron chi connectivity index (χ0n) is 15.7. The minimum absolute atomic E-state index is 0.0251. The van der Waals surface area contributed by atoms with Crippen LogP contribution in [0, 0.1) is 0 Å². The zero-order chi connectivity index (χ0) is 19.3. The van der Waals surface area contributed by atoms with Gasteiger partial charge in [0, 0.05) is 11.5 Å². The molecule has 1 aliphatic rings. The number of thiazole rings is 1. The van der Waals surface area contributed by atoms with E-state index in [4.69, 9.17) is 14.5 Å². The SMILES string of the molecule is CSc1ccc2nc(N(C[C@@H]3CCCO3)C(=O)COc3ccccc3)sc2c1. The van der Waals surface area contributed by atoms with Crippen LogP contribution in [0.1, 0.15) is 12.8 Å². The average Bonchev–Trinajstić information content (AvgIpc) is 3.39. The van der Waals surface area contributed by atoms with E-state index in [0.717, 1.165) is 29.7 Å². The molecule has 5 nitrogen and oxygen atoms in total. The second kappa shape index (κ2) is 8.94. The largest absolute Gasteiger partial charge is 0.484 e. The van der Waals surface area contributed by atoms with E-state index >= 15 is 0 Å². The molecule has 1 aliphatic heterocycles. The number of aromatic nitrogens is 1. The third-order valence-electron chi connectivity index (χ3n) is 4.63. The van der Waals surface area contributed by atoms with E-state index in [1.807, 2.05) is 36.4 Å². The molecule has 1 fully saturated rings. The zero-order valence-corrected chi connectivity index (χ0v) is 17.3. The molecule has 0 bridgehead atoms. The Balaban J connectivity index is 1.56. The highest BCUT2D eigenvalue weighted by molar-refractivity contribution is 7.98. The number of carbonyl (C=O) groups excluding carboxylic acids is 1. The third kappa shape index (κ3) is 4.48. The van der Waals surface area contributed by atoms with Gasteiger partial charge < -0.3 is 9.47 Å². The monoisotopic (exact) mass is 414 g/mol. The Labute approximate surface area is 172 Å². The first-order valence-electron chi connectivity index (χ1n) is 9.27. The molecule has 0 radical (unpaired) electrons. The van der Waals surface area contributed by atoms with E-state index in [0.29, 0.717) is 17.4 Å². The summed E-state index contributed by atoms with van der Waals surface area (Å²) in [5.74, 6) is 0.574. The summed E-state index contributed by atoms with van der Waals surface area (Å²) < 4.78 is 12.5. The Morgan fingerprint density at radius 3 is 2.93 bits per heavy atom. The number of carbonyl (C=O) groups is 1. The molecule has 2 heterocycles. The maximum Gasteiger partial charge on any atom is 0.266 e. The van der Waals surface area contributed by atoms with Crippen molar-refractivity contribution in [3.63, 3.8) is 0 Å². The molecule has 3 aromatic rings. The number of ether oxygens (including phenoxy) is 2. The molecule has 1 atom stereocenters. The number of hydrogen-bond donors (Lipinski definition) is 0. The lowest BCUT2D eigenvalue weighted by atomic mass is 10.2. The van der Waals surface area contributed by atoms with Crippen LogP contribution >= 0.6 is 23.1 Å². The predicted molar refractivity (Wildman–Crippen MR) is 115 cm³/mol. The molecule has 4 rings (SSSR count). The van der Waals surface area contributed by atoms with E-state index in [2.05, 4.69) is 18.4 Å². The van der Waals surface area contributed by atoms with Crippen molar-refractivity contribution in [2.24, 2.45) is 0 Å². The summed E-state index contributed by atoms with van der Waals surface area (Å²) >= 11 is 3.24. The molecule has 28 heavy (non-hydrogen) atoms. The molecule has 1 amide bonds. The minimum atomic E-state index is -0.108. The molecule has 146 valence electrons. The van der Waals surface area contributed by atoms with Gasteiger partial charge in [0.25, 0.3) is 5.91 Å². The highest BCUT2D eigenvalue weighted by atomic mass is 32.2. The first-order valence-corrected chi connectivity index (χ1v) is 11.3. The fourth-order valence-corrected chi connectivity index (χ4v) is 4.70. The van der Waals surface area contributed by atoms with Crippen molar-refractivity contribution in [3.05, 3.63) is 48.5 Å². The highest BCUT2D eigenvalue weighted by Crippen LogP contribution is 2.32. The fourth-order valence-electron chi connectivity index (χ4n) is 3.15. The first-order chi connectivity index (χ1) is 13.7. The molecule has 0 saturated carbocycles. The maximum atomic E-state index is 13.0. The van der Waals surface area contributed by atoms with Crippen LogP contribution in [0.25, 0.3) is 10.2 Å². The summed E-state index contributed by atoms with van der Waals surface area (Å²) in [5.41, 5.74) is 0.909. The van der Waals surface area contributed by atoms with Crippen LogP contribution in [0.4, 0.5) is 5.13 Å². The number of nitrogens with zero attached hydrogens (tertiary/aromatic N) is 2. The molecule has 0 unspecified atom stereocenters. The van der Waals surface area contributed by atoms with E-state index in [1.54, 1.807) is 16.7 Å². The van der Waals surface area contributed by atoms with Crippen molar-refractivity contribution in [3.8, 4) is 5.75 Å². The maximum absolute atomic E-state index is 13.0. The molecular weight excluding hydrogens is 392 g/mol. The van der Waals surface area contributed by atoms with Crippen LogP contribution in [0.15, 0.2) is 53.4 Å². The lowest BCUT2D eigenvalue weighted by Gasteiger charge is -2.23. The second-order valence-electron chi connectivity index (χ2n) is 6.57. The van der Waals surface area contributed by atoms with Crippen LogP contribution in [0.5, 0.6) is 5.75 Å². The number of benzene rings is 2. The van der Waals surface area contributed by atoms with Crippen molar-refractivity contribution in [1.82, 2.24) is 4.98 Å². The van der Waals surface area contributed by atoms with Gasteiger partial charge >= 0.3 is 0 Å². The van der Waals surface area contributed by atoms with Gasteiger partial charge in [-0.3, -0.25) is 9.69 Å². The summed E-state index contributed by atoms with van der Waals surface area (Å²) in [6.07, 6.45) is 4.10. The van der Waals surface area contributed by atoms with Gasteiger partial charge in [0.05, 0.1) is 22.9 Å². The number of para-hydroxylation sites is 1. The van der Waals surface area contributed by atoms with Gasteiger partial charge in [-0.2, -0.15) is 0 Å². The normalized spacial score (nSPS) is 16.4. The summed E-state index contributed by atoms with van der Waals surface area (Å²) in [7, 11) is 0. The Kier molecular flexibility index (Phi) is 6.14. The van der Waals surface area contributed by atoms with E-state index < -0.39 is 0 Å². The second-order valence-corrected chi connectivity index (χ2v) is 8.46. The Morgan fingerprint density at radius 1 is 1.32 bits per heavy atom. The standard InChI is InChI=1S/C21H22N2O3S2/c1-27-17-9-10-18-19(12-17)28-21(22-18)23(13-16-8-5-11-25-16)20(24)14-26-15-6-3-2-4-7-15/h2-4,6-7,9-10,12,16H,5,8,11,13-14H2,1H3/t16-/m0/s1.